The smallest absolute Gasteiger partial charge is 0.394 e. The van der Waals surface area contributed by atoms with Crippen LogP contribution in [0.4, 0.5) is 0 Å². The molecule has 0 saturated carbocycles. The van der Waals surface area contributed by atoms with E-state index in [1.54, 1.807) is 0 Å². The maximum Gasteiger partial charge on any atom is 0.466 e. The van der Waals surface area contributed by atoms with E-state index in [2.05, 4.69) is 9.44 Å². The van der Waals surface area contributed by atoms with Gasteiger partial charge in [0, 0.05) is 18.1 Å². The Morgan fingerprint density at radius 1 is 1.19 bits per heavy atom. The van der Waals surface area contributed by atoms with Crippen LogP contribution in [-0.2, 0) is 29.3 Å². The highest BCUT2D eigenvalue weighted by Gasteiger charge is 2.44. The van der Waals surface area contributed by atoms with Gasteiger partial charge in [0.15, 0.2) is 9.84 Å². The minimum Gasteiger partial charge on any atom is -0.394 e. The van der Waals surface area contributed by atoms with Gasteiger partial charge in [0.1, 0.15) is 34.9 Å². The third-order valence-corrected chi connectivity index (χ3v) is 5.32. The maximum atomic E-state index is 11.0. The lowest BCUT2D eigenvalue weighted by molar-refractivity contribution is -0.205. The molecule has 0 spiro atoms. The Morgan fingerprint density at radius 2 is 1.81 bits per heavy atom. The van der Waals surface area contributed by atoms with Crippen LogP contribution in [0.3, 0.4) is 0 Å². The zero-order valence-electron chi connectivity index (χ0n) is 14.0. The van der Waals surface area contributed by atoms with Gasteiger partial charge in [-0.05, 0) is 6.42 Å². The van der Waals surface area contributed by atoms with Crippen LogP contribution >= 0.6 is 11.8 Å². The number of sulfone groups is 1. The van der Waals surface area contributed by atoms with Crippen LogP contribution in [0.1, 0.15) is 12.8 Å². The first-order valence-electron chi connectivity index (χ1n) is 7.40. The van der Waals surface area contributed by atoms with Crippen LogP contribution in [0, 0.1) is 0 Å². The van der Waals surface area contributed by atoms with Crippen LogP contribution in [0.2, 0.25) is 0 Å². The van der Waals surface area contributed by atoms with Crippen molar-refractivity contribution in [2.24, 2.45) is 5.16 Å². The van der Waals surface area contributed by atoms with Crippen molar-refractivity contribution in [2.45, 2.75) is 42.7 Å². The quantitative estimate of drug-likeness (QED) is 0.118. The standard InChI is InChI=1S/C12H21NO11S3/c1-26(18,19)5-3-2-4-8(13-24-27(20,21)22)25-12-11(17)10(16)9(15)7(6-14)23-12/h3,5,7,9-12,14-17H,2,4,6H2,1H3,(H,20,21,22)/b5-3+,13-8+/t7-,9-,10-,11+,12+/m0/s1. The monoisotopic (exact) mass is 451 g/mol. The Hall–Kier alpha value is -0.780. The van der Waals surface area contributed by atoms with Crippen molar-refractivity contribution in [2.75, 3.05) is 12.9 Å². The normalized spacial score (nSPS) is 30.6. The zero-order valence-corrected chi connectivity index (χ0v) is 16.5. The van der Waals surface area contributed by atoms with Crippen molar-refractivity contribution in [1.29, 1.82) is 0 Å². The van der Waals surface area contributed by atoms with Crippen LogP contribution < -0.4 is 0 Å². The molecule has 5 N–H and O–H groups in total. The molecule has 0 radical (unpaired) electrons. The summed E-state index contributed by atoms with van der Waals surface area (Å²) in [6.07, 6.45) is -3.78. The van der Waals surface area contributed by atoms with Crippen molar-refractivity contribution in [3.8, 4) is 0 Å². The summed E-state index contributed by atoms with van der Waals surface area (Å²) in [7, 11) is -8.28. The average molecular weight is 451 g/mol. The van der Waals surface area contributed by atoms with E-state index in [1.807, 2.05) is 0 Å². The van der Waals surface area contributed by atoms with Crippen molar-refractivity contribution >= 4 is 37.0 Å². The van der Waals surface area contributed by atoms with Gasteiger partial charge >= 0.3 is 10.4 Å². The second kappa shape index (κ2) is 10.1. The second-order valence-corrected chi connectivity index (χ2v) is 9.65. The number of aliphatic hydroxyl groups excluding tert-OH is 4. The Kier molecular flexibility index (Phi) is 9.10. The summed E-state index contributed by atoms with van der Waals surface area (Å²) in [5.41, 5.74) is -1.26. The molecule has 1 aliphatic heterocycles. The van der Waals surface area contributed by atoms with Crippen molar-refractivity contribution in [3.63, 3.8) is 0 Å². The number of thioether (sulfide) groups is 1. The van der Waals surface area contributed by atoms with Crippen molar-refractivity contribution in [3.05, 3.63) is 11.5 Å². The lowest BCUT2D eigenvalue weighted by Gasteiger charge is -2.39. The van der Waals surface area contributed by atoms with Gasteiger partial charge in [0.05, 0.1) is 6.61 Å². The van der Waals surface area contributed by atoms with Gasteiger partial charge in [-0.25, -0.2) is 12.7 Å². The van der Waals surface area contributed by atoms with Gasteiger partial charge in [-0.15, -0.1) is 0 Å². The molecule has 1 rings (SSSR count). The van der Waals surface area contributed by atoms with Crippen LogP contribution in [0.25, 0.3) is 0 Å². The summed E-state index contributed by atoms with van der Waals surface area (Å²) in [5, 5.41) is 42.6. The number of hydrogen-bond donors (Lipinski definition) is 5. The molecule has 0 bridgehead atoms. The topological polar surface area (TPSA) is 200 Å². The van der Waals surface area contributed by atoms with Crippen LogP contribution in [0.5, 0.6) is 0 Å². The van der Waals surface area contributed by atoms with Gasteiger partial charge in [-0.3, -0.25) is 4.55 Å². The Bertz CT molecular complexity index is 747. The molecular formula is C12H21NO11S3. The third kappa shape index (κ3) is 8.84. The molecule has 0 aliphatic carbocycles. The predicted octanol–water partition coefficient (Wildman–Crippen LogP) is -2.01. The van der Waals surface area contributed by atoms with Gasteiger partial charge in [0.2, 0.25) is 0 Å². The number of allylic oxidation sites excluding steroid dienone is 1. The van der Waals surface area contributed by atoms with Gasteiger partial charge in [0.25, 0.3) is 0 Å². The highest BCUT2D eigenvalue weighted by Crippen LogP contribution is 2.30. The van der Waals surface area contributed by atoms with E-state index in [1.165, 1.54) is 6.08 Å². The van der Waals surface area contributed by atoms with E-state index in [-0.39, 0.29) is 17.9 Å². The number of nitrogens with zero attached hydrogens (tertiary/aromatic N) is 1. The average Bonchev–Trinajstić information content (AvgIpc) is 2.54. The minimum atomic E-state index is -4.91. The molecular weight excluding hydrogens is 430 g/mol. The fourth-order valence-corrected chi connectivity index (χ4v) is 3.76. The highest BCUT2D eigenvalue weighted by atomic mass is 32.3. The summed E-state index contributed by atoms with van der Waals surface area (Å²) >= 11 is 0.609. The number of ether oxygens (including phenoxy) is 1. The predicted molar refractivity (Wildman–Crippen MR) is 94.6 cm³/mol. The number of oxime groups is 1. The zero-order chi connectivity index (χ0) is 20.8. The molecule has 5 atom stereocenters. The summed E-state index contributed by atoms with van der Waals surface area (Å²) in [4.78, 5) is 0. The summed E-state index contributed by atoms with van der Waals surface area (Å²) in [6.45, 7) is -0.660. The molecule has 158 valence electrons. The van der Waals surface area contributed by atoms with E-state index in [4.69, 9.17) is 14.4 Å². The number of hydrogen-bond acceptors (Lipinski definition) is 12. The second-order valence-electron chi connectivity index (χ2n) is 5.54. The molecule has 0 aromatic heterocycles. The first-order chi connectivity index (χ1) is 12.3. The molecule has 12 nitrogen and oxygen atoms in total. The SMILES string of the molecule is CS(=O)(=O)/C=C/CC/C(=N\OS(=O)(=O)O)S[C@H]1O[C@@H](CO)[C@H](O)[C@H](O)[C@H]1O. The molecule has 15 heteroatoms. The van der Waals surface area contributed by atoms with E-state index in [0.29, 0.717) is 11.8 Å². The lowest BCUT2D eigenvalue weighted by Crippen LogP contribution is -2.57. The molecule has 1 fully saturated rings. The molecule has 0 unspecified atom stereocenters. The van der Waals surface area contributed by atoms with Crippen LogP contribution in [0.15, 0.2) is 16.6 Å². The Labute approximate surface area is 160 Å². The Morgan fingerprint density at radius 3 is 2.33 bits per heavy atom. The van der Waals surface area contributed by atoms with Crippen LogP contribution in [-0.4, -0.2) is 89.6 Å². The Balaban J connectivity index is 2.90. The molecule has 27 heavy (non-hydrogen) atoms. The fraction of sp³-hybridized carbons (Fsp3) is 0.750. The molecule has 1 saturated heterocycles. The third-order valence-electron chi connectivity index (χ3n) is 3.20. The van der Waals surface area contributed by atoms with Crippen molar-refractivity contribution in [1.82, 2.24) is 0 Å². The highest BCUT2D eigenvalue weighted by molar-refractivity contribution is 8.14. The first kappa shape index (κ1) is 24.3. The van der Waals surface area contributed by atoms with Gasteiger partial charge in [-0.1, -0.05) is 23.0 Å². The largest absolute Gasteiger partial charge is 0.466 e. The van der Waals surface area contributed by atoms with Gasteiger partial charge in [-0.2, -0.15) is 8.42 Å². The summed E-state index contributed by atoms with van der Waals surface area (Å²) < 4.78 is 61.2. The van der Waals surface area contributed by atoms with Gasteiger partial charge < -0.3 is 25.2 Å². The fourth-order valence-electron chi connectivity index (χ4n) is 1.96. The molecule has 1 aliphatic rings. The molecule has 0 aromatic carbocycles. The van der Waals surface area contributed by atoms with E-state index < -0.39 is 56.7 Å². The molecule has 0 aromatic rings. The maximum absolute atomic E-state index is 11.0. The summed E-state index contributed by atoms with van der Waals surface area (Å²) in [6, 6.07) is 0. The van der Waals surface area contributed by atoms with E-state index in [0.717, 1.165) is 11.7 Å². The molecule has 0 amide bonds. The van der Waals surface area contributed by atoms with Crippen molar-refractivity contribution < 1.29 is 50.8 Å². The van der Waals surface area contributed by atoms with E-state index >= 15 is 0 Å². The minimum absolute atomic E-state index is 0.0682. The lowest BCUT2D eigenvalue weighted by atomic mass is 10.0. The number of aliphatic hydroxyl groups is 4. The molecule has 1 heterocycles. The first-order valence-corrected chi connectivity index (χ1v) is 11.6. The summed E-state index contributed by atoms with van der Waals surface area (Å²) in [5.74, 6) is 0. The van der Waals surface area contributed by atoms with E-state index in [9.17, 15) is 32.2 Å². The number of rotatable bonds is 8.